The Labute approximate surface area is 198 Å². The normalized spacial score (nSPS) is 19.8. The summed E-state index contributed by atoms with van der Waals surface area (Å²) in [7, 11) is 0. The molecule has 3 rings (SSSR count). The largest absolute Gasteiger partial charge is 0.356 e. The van der Waals surface area contributed by atoms with Gasteiger partial charge in [-0.05, 0) is 49.8 Å². The van der Waals surface area contributed by atoms with E-state index < -0.39 is 0 Å². The van der Waals surface area contributed by atoms with Gasteiger partial charge in [0.15, 0.2) is 0 Å². The van der Waals surface area contributed by atoms with E-state index in [4.69, 9.17) is 23.2 Å². The first-order valence-electron chi connectivity index (χ1n) is 10.8. The summed E-state index contributed by atoms with van der Waals surface area (Å²) in [4.78, 5) is 27.0. The number of nitrogens with zero attached hydrogens (tertiary/aromatic N) is 1. The maximum atomic E-state index is 12.6. The van der Waals surface area contributed by atoms with Crippen molar-refractivity contribution >= 4 is 40.8 Å². The molecule has 1 atom stereocenters. The van der Waals surface area contributed by atoms with Crippen LogP contribution in [0.5, 0.6) is 0 Å². The number of hydrogen-bond acceptors (Lipinski definition) is 2. The van der Waals surface area contributed by atoms with Gasteiger partial charge in [-0.2, -0.15) is 0 Å². The molecule has 176 valence electrons. The molecule has 0 aromatic heterocycles. The maximum absolute atomic E-state index is 12.6. The Morgan fingerprint density at radius 3 is 2.32 bits per heavy atom. The molecule has 1 saturated carbocycles. The summed E-state index contributed by atoms with van der Waals surface area (Å²) in [6, 6.07) is 4.86. The van der Waals surface area contributed by atoms with Crippen molar-refractivity contribution in [2.75, 3.05) is 25.0 Å². The molecule has 1 aromatic carbocycles. The molecule has 7 heteroatoms. The van der Waals surface area contributed by atoms with Crippen molar-refractivity contribution in [3.05, 3.63) is 28.2 Å². The second-order valence-corrected chi connectivity index (χ2v) is 9.14. The lowest BCUT2D eigenvalue weighted by molar-refractivity contribution is -0.125. The number of carbonyl (C=O) groups excluding carboxylic acids is 2. The summed E-state index contributed by atoms with van der Waals surface area (Å²) in [5.74, 6) is 0.638. The number of halogens is 2. The van der Waals surface area contributed by atoms with Crippen molar-refractivity contribution in [2.24, 2.45) is 11.8 Å². The van der Waals surface area contributed by atoms with Gasteiger partial charge in [-0.15, -0.1) is 0 Å². The molecule has 1 aliphatic carbocycles. The fraction of sp³-hybridized carbons (Fsp3) is 0.667. The molecule has 2 N–H and O–H groups in total. The Balaban J connectivity index is 0.00000240. The lowest BCUT2D eigenvalue weighted by Crippen LogP contribution is -2.46. The van der Waals surface area contributed by atoms with Crippen LogP contribution in [0.2, 0.25) is 10.0 Å². The predicted octanol–water partition coefficient (Wildman–Crippen LogP) is 6.99. The number of likely N-dealkylation sites (tertiary alicyclic amines) is 1. The molecule has 2 aliphatic rings. The Morgan fingerprint density at radius 2 is 1.65 bits per heavy atom. The van der Waals surface area contributed by atoms with Gasteiger partial charge in [0.2, 0.25) is 5.91 Å². The van der Waals surface area contributed by atoms with Gasteiger partial charge in [-0.25, -0.2) is 4.79 Å². The van der Waals surface area contributed by atoms with E-state index in [-0.39, 0.29) is 38.6 Å². The Kier molecular flexibility index (Phi) is 12.3. The monoisotopic (exact) mass is 471 g/mol. The van der Waals surface area contributed by atoms with Crippen molar-refractivity contribution < 1.29 is 9.59 Å². The van der Waals surface area contributed by atoms with Gasteiger partial charge in [0.25, 0.3) is 0 Å². The summed E-state index contributed by atoms with van der Waals surface area (Å²) in [6.45, 7) is 1.99. The van der Waals surface area contributed by atoms with Gasteiger partial charge in [-0.1, -0.05) is 70.2 Å². The molecule has 1 heterocycles. The number of hydrogen-bond donors (Lipinski definition) is 2. The number of anilines is 1. The molecule has 1 unspecified atom stereocenters. The molecule has 1 saturated heterocycles. The summed E-state index contributed by atoms with van der Waals surface area (Å²) < 4.78 is 0. The van der Waals surface area contributed by atoms with Crippen molar-refractivity contribution in [3.8, 4) is 0 Å². The Morgan fingerprint density at radius 1 is 0.968 bits per heavy atom. The Bertz CT molecular complexity index is 706. The average Bonchev–Trinajstić information content (AvgIpc) is 2.68. The van der Waals surface area contributed by atoms with Gasteiger partial charge in [-0.3, -0.25) is 4.79 Å². The number of urea groups is 1. The first-order valence-corrected chi connectivity index (χ1v) is 11.6. The number of rotatable bonds is 4. The van der Waals surface area contributed by atoms with Crippen LogP contribution in [0.15, 0.2) is 18.2 Å². The van der Waals surface area contributed by atoms with Crippen LogP contribution < -0.4 is 10.6 Å². The van der Waals surface area contributed by atoms with Crippen LogP contribution in [-0.4, -0.2) is 36.5 Å². The molecule has 0 radical (unpaired) electrons. The first-order chi connectivity index (χ1) is 14.0. The highest BCUT2D eigenvalue weighted by Crippen LogP contribution is 2.26. The number of carbonyl (C=O) groups is 2. The van der Waals surface area contributed by atoms with Crippen LogP contribution in [-0.2, 0) is 4.79 Å². The highest BCUT2D eigenvalue weighted by atomic mass is 35.5. The quantitative estimate of drug-likeness (QED) is 0.496. The number of piperidine rings is 1. The zero-order valence-electron chi connectivity index (χ0n) is 16.9. The zero-order chi connectivity index (χ0) is 20.6. The third-order valence-electron chi connectivity index (χ3n) is 6.02. The summed E-state index contributed by atoms with van der Waals surface area (Å²) in [6.07, 6.45) is 10.1. The topological polar surface area (TPSA) is 61.4 Å². The highest BCUT2D eigenvalue weighted by Gasteiger charge is 2.26. The van der Waals surface area contributed by atoms with Crippen LogP contribution in [0.1, 0.15) is 72.6 Å². The van der Waals surface area contributed by atoms with Crippen LogP contribution in [0.3, 0.4) is 0 Å². The minimum absolute atomic E-state index is 0. The zero-order valence-corrected chi connectivity index (χ0v) is 18.4. The second kappa shape index (κ2) is 13.8. The van der Waals surface area contributed by atoms with Crippen LogP contribution >= 0.6 is 23.2 Å². The van der Waals surface area contributed by atoms with Gasteiger partial charge >= 0.3 is 6.03 Å². The van der Waals surface area contributed by atoms with E-state index >= 15 is 0 Å². The Hall–Kier alpha value is -1.46. The highest BCUT2D eigenvalue weighted by molar-refractivity contribution is 6.36. The third kappa shape index (κ3) is 8.53. The van der Waals surface area contributed by atoms with E-state index in [0.717, 1.165) is 38.5 Å². The van der Waals surface area contributed by atoms with E-state index in [1.54, 1.807) is 23.1 Å². The van der Waals surface area contributed by atoms with Crippen molar-refractivity contribution in [1.82, 2.24) is 10.2 Å². The molecular weight excluding hydrogens is 433 g/mol. The second-order valence-electron chi connectivity index (χ2n) is 8.30. The summed E-state index contributed by atoms with van der Waals surface area (Å²) in [5, 5.41) is 6.98. The maximum Gasteiger partial charge on any atom is 0.321 e. The minimum Gasteiger partial charge on any atom is -0.356 e. The number of nitrogens with one attached hydrogen (secondary N) is 2. The molecule has 1 aliphatic heterocycles. The number of benzene rings is 1. The van der Waals surface area contributed by atoms with Crippen LogP contribution in [0.25, 0.3) is 0 Å². The average molecular weight is 473 g/mol. The molecule has 31 heavy (non-hydrogen) atoms. The van der Waals surface area contributed by atoms with Gasteiger partial charge in [0.1, 0.15) is 0 Å². The summed E-state index contributed by atoms with van der Waals surface area (Å²) in [5.41, 5.74) is 0.556. The molecule has 5 nitrogen and oxygen atoms in total. The van der Waals surface area contributed by atoms with Crippen molar-refractivity contribution in [3.63, 3.8) is 0 Å². The fourth-order valence-corrected chi connectivity index (χ4v) is 4.76. The molecule has 2 fully saturated rings. The minimum atomic E-state index is -0.162. The predicted molar refractivity (Wildman–Crippen MR) is 132 cm³/mol. The third-order valence-corrected chi connectivity index (χ3v) is 6.57. The van der Waals surface area contributed by atoms with Gasteiger partial charge in [0.05, 0.1) is 10.7 Å². The van der Waals surface area contributed by atoms with E-state index in [2.05, 4.69) is 10.6 Å². The molecule has 0 bridgehead atoms. The first kappa shape index (κ1) is 27.6. The summed E-state index contributed by atoms with van der Waals surface area (Å²) >= 11 is 12.1. The van der Waals surface area contributed by atoms with Crippen LogP contribution in [0, 0.1) is 11.8 Å². The molecule has 3 amide bonds. The smallest absolute Gasteiger partial charge is 0.321 e. The standard InChI is InChI=1S/C22H31Cl2N3O2.2CH4/c23-18-10-11-20(19(24)13-18)26-22(29)27-12-6-7-16(15-27)14-25-21(28)17-8-4-2-1-3-5-9-17;;/h10-11,13,16-17H,1-9,12,14-15H2,(H,25,28)(H,26,29);2*1H4. The van der Waals surface area contributed by atoms with Gasteiger partial charge in [0, 0.05) is 30.6 Å². The lowest BCUT2D eigenvalue weighted by Gasteiger charge is -2.33. The van der Waals surface area contributed by atoms with Crippen LogP contribution in [0.4, 0.5) is 10.5 Å². The van der Waals surface area contributed by atoms with E-state index in [0.29, 0.717) is 35.4 Å². The van der Waals surface area contributed by atoms with Crippen molar-refractivity contribution in [1.29, 1.82) is 0 Å². The van der Waals surface area contributed by atoms with E-state index in [1.165, 1.54) is 19.3 Å². The molecule has 1 aromatic rings. The SMILES string of the molecule is C.C.O=C(NCC1CCCN(C(=O)Nc2ccc(Cl)cc2Cl)C1)C1CCCCCCC1. The van der Waals surface area contributed by atoms with E-state index in [9.17, 15) is 9.59 Å². The van der Waals surface area contributed by atoms with Gasteiger partial charge < -0.3 is 15.5 Å². The molecule has 0 spiro atoms. The number of amides is 3. The van der Waals surface area contributed by atoms with Crippen molar-refractivity contribution in [2.45, 2.75) is 72.6 Å². The molecular formula is C24H39Cl2N3O2. The van der Waals surface area contributed by atoms with E-state index in [1.807, 2.05) is 0 Å². The lowest BCUT2D eigenvalue weighted by atomic mass is 9.90. The fourth-order valence-electron chi connectivity index (χ4n) is 4.31.